The van der Waals surface area contributed by atoms with Gasteiger partial charge in [0.1, 0.15) is 0 Å². The molecule has 0 bridgehead atoms. The third kappa shape index (κ3) is 6.89. The molecule has 0 saturated heterocycles. The fraction of sp³-hybridized carbons (Fsp3) is 0.135. The van der Waals surface area contributed by atoms with Crippen molar-refractivity contribution in [2.45, 2.75) is 34.6 Å². The van der Waals surface area contributed by atoms with Crippen LogP contribution in [-0.2, 0) is 0 Å². The predicted octanol–water partition coefficient (Wildman–Crippen LogP) is 10.9. The summed E-state index contributed by atoms with van der Waals surface area (Å²) >= 11 is 0. The molecule has 0 aromatic heterocycles. The number of aryl methyl sites for hydroxylation is 2. The summed E-state index contributed by atoms with van der Waals surface area (Å²) in [4.78, 5) is 2.31. The van der Waals surface area contributed by atoms with Gasteiger partial charge in [-0.2, -0.15) is 0 Å². The third-order valence-electron chi connectivity index (χ3n) is 6.41. The molecule has 0 aliphatic heterocycles. The minimum absolute atomic E-state index is 1.04. The van der Waals surface area contributed by atoms with Crippen LogP contribution in [0.1, 0.15) is 37.5 Å². The summed E-state index contributed by atoms with van der Waals surface area (Å²) in [5.74, 6) is 0. The second-order valence-electron chi connectivity index (χ2n) is 10.2. The van der Waals surface area contributed by atoms with Crippen molar-refractivity contribution in [2.75, 3.05) is 4.90 Å². The van der Waals surface area contributed by atoms with Crippen molar-refractivity contribution in [1.29, 1.82) is 0 Å². The topological polar surface area (TPSA) is 3.24 Å². The van der Waals surface area contributed by atoms with Gasteiger partial charge >= 0.3 is 0 Å². The summed E-state index contributed by atoms with van der Waals surface area (Å²) in [6.07, 6.45) is 8.52. The molecule has 0 fully saturated rings. The van der Waals surface area contributed by atoms with E-state index in [1.54, 1.807) is 0 Å². The first-order valence-corrected chi connectivity index (χ1v) is 13.1. The van der Waals surface area contributed by atoms with E-state index in [9.17, 15) is 0 Å². The number of anilines is 3. The Morgan fingerprint density at radius 3 is 1.39 bits per heavy atom. The highest BCUT2D eigenvalue weighted by molar-refractivity contribution is 5.80. The molecule has 0 amide bonds. The van der Waals surface area contributed by atoms with Gasteiger partial charge < -0.3 is 4.90 Å². The molecule has 4 aromatic rings. The number of allylic oxidation sites excluding steroid dienone is 7. The molecule has 0 atom stereocenters. The molecule has 1 nitrogen and oxygen atoms in total. The van der Waals surface area contributed by atoms with Crippen LogP contribution in [0.3, 0.4) is 0 Å². The lowest BCUT2D eigenvalue weighted by molar-refractivity contribution is 1.27. The van der Waals surface area contributed by atoms with E-state index >= 15 is 0 Å². The van der Waals surface area contributed by atoms with Gasteiger partial charge in [-0.05, 0) is 93.3 Å². The molecular formula is C37H37N. The molecule has 38 heavy (non-hydrogen) atoms. The highest BCUT2D eigenvalue weighted by Gasteiger charge is 2.12. The van der Waals surface area contributed by atoms with E-state index in [4.69, 9.17) is 0 Å². The predicted molar refractivity (Wildman–Crippen MR) is 167 cm³/mol. The average Bonchev–Trinajstić information content (AvgIpc) is 2.91. The molecule has 0 unspecified atom stereocenters. The molecule has 4 rings (SSSR count). The number of rotatable bonds is 8. The van der Waals surface area contributed by atoms with Crippen molar-refractivity contribution in [2.24, 2.45) is 0 Å². The zero-order chi connectivity index (χ0) is 27.1. The van der Waals surface area contributed by atoms with Gasteiger partial charge in [0.15, 0.2) is 0 Å². The second kappa shape index (κ2) is 12.3. The number of benzene rings is 4. The fourth-order valence-corrected chi connectivity index (χ4v) is 4.23. The van der Waals surface area contributed by atoms with Gasteiger partial charge in [-0.3, -0.25) is 0 Å². The van der Waals surface area contributed by atoms with Gasteiger partial charge in [-0.25, -0.2) is 0 Å². The van der Waals surface area contributed by atoms with E-state index in [1.165, 1.54) is 39.0 Å². The monoisotopic (exact) mass is 495 g/mol. The molecule has 0 saturated carbocycles. The number of hydrogen-bond acceptors (Lipinski definition) is 1. The van der Waals surface area contributed by atoms with Crippen LogP contribution in [-0.4, -0.2) is 0 Å². The highest BCUT2D eigenvalue weighted by Crippen LogP contribution is 2.36. The van der Waals surface area contributed by atoms with Crippen LogP contribution in [0.5, 0.6) is 0 Å². The van der Waals surface area contributed by atoms with Crippen molar-refractivity contribution in [1.82, 2.24) is 0 Å². The minimum Gasteiger partial charge on any atom is -0.311 e. The Morgan fingerprint density at radius 2 is 0.974 bits per heavy atom. The number of hydrogen-bond donors (Lipinski definition) is 0. The SMILES string of the molecule is C=C(C)/C=C/C(=C/C=C(C)C)c1ccc(-c2ccc(N(c3ccc(C)cc3)c3ccc(C)cc3)cc2)cc1. The van der Waals surface area contributed by atoms with Gasteiger partial charge in [-0.15, -0.1) is 0 Å². The Balaban J connectivity index is 1.64. The van der Waals surface area contributed by atoms with E-state index < -0.39 is 0 Å². The van der Waals surface area contributed by atoms with Gasteiger partial charge in [0.05, 0.1) is 0 Å². The molecule has 0 aliphatic carbocycles. The Morgan fingerprint density at radius 1 is 0.553 bits per heavy atom. The summed E-state index contributed by atoms with van der Waals surface area (Å²) in [5, 5.41) is 0. The molecule has 0 aliphatic rings. The summed E-state index contributed by atoms with van der Waals surface area (Å²) < 4.78 is 0. The van der Waals surface area contributed by atoms with E-state index in [1.807, 2.05) is 6.92 Å². The van der Waals surface area contributed by atoms with Crippen molar-refractivity contribution >= 4 is 22.6 Å². The zero-order valence-electron chi connectivity index (χ0n) is 23.2. The van der Waals surface area contributed by atoms with Gasteiger partial charge in [0.2, 0.25) is 0 Å². The third-order valence-corrected chi connectivity index (χ3v) is 6.41. The van der Waals surface area contributed by atoms with Crippen molar-refractivity contribution in [3.05, 3.63) is 156 Å². The molecular weight excluding hydrogens is 458 g/mol. The average molecular weight is 496 g/mol. The van der Waals surface area contributed by atoms with Crippen molar-refractivity contribution in [3.8, 4) is 11.1 Å². The van der Waals surface area contributed by atoms with Crippen LogP contribution >= 0.6 is 0 Å². The molecule has 0 N–H and O–H groups in total. The zero-order valence-corrected chi connectivity index (χ0v) is 23.2. The van der Waals surface area contributed by atoms with Crippen LogP contribution in [0.4, 0.5) is 17.1 Å². The Bertz CT molecular complexity index is 1410. The first-order valence-electron chi connectivity index (χ1n) is 13.1. The summed E-state index contributed by atoms with van der Waals surface area (Å²) in [6, 6.07) is 35.0. The molecule has 0 spiro atoms. The van der Waals surface area contributed by atoms with Crippen molar-refractivity contribution < 1.29 is 0 Å². The lowest BCUT2D eigenvalue weighted by Gasteiger charge is -2.26. The van der Waals surface area contributed by atoms with E-state index in [2.05, 4.69) is 161 Å². The maximum atomic E-state index is 4.00. The Labute approximate surface area is 228 Å². The lowest BCUT2D eigenvalue weighted by atomic mass is 9.99. The quantitative estimate of drug-likeness (QED) is 0.220. The largest absolute Gasteiger partial charge is 0.311 e. The van der Waals surface area contributed by atoms with E-state index in [0.29, 0.717) is 0 Å². The van der Waals surface area contributed by atoms with Gasteiger partial charge in [0, 0.05) is 17.1 Å². The molecule has 0 radical (unpaired) electrons. The van der Waals surface area contributed by atoms with Crippen LogP contribution in [0.15, 0.2) is 139 Å². The van der Waals surface area contributed by atoms with Crippen molar-refractivity contribution in [3.63, 3.8) is 0 Å². The van der Waals surface area contributed by atoms with Crippen LogP contribution in [0.25, 0.3) is 16.7 Å². The highest BCUT2D eigenvalue weighted by atomic mass is 15.1. The van der Waals surface area contributed by atoms with Crippen LogP contribution in [0, 0.1) is 13.8 Å². The summed E-state index contributed by atoms with van der Waals surface area (Å²) in [7, 11) is 0. The van der Waals surface area contributed by atoms with E-state index in [0.717, 1.165) is 22.6 Å². The van der Waals surface area contributed by atoms with Gasteiger partial charge in [-0.1, -0.05) is 114 Å². The minimum atomic E-state index is 1.04. The maximum absolute atomic E-state index is 4.00. The molecule has 190 valence electrons. The smallest absolute Gasteiger partial charge is 0.0462 e. The molecule has 1 heteroatoms. The molecule has 4 aromatic carbocycles. The normalized spacial score (nSPS) is 11.4. The van der Waals surface area contributed by atoms with Gasteiger partial charge in [0.25, 0.3) is 0 Å². The first-order chi connectivity index (χ1) is 18.3. The summed E-state index contributed by atoms with van der Waals surface area (Å²) in [5.41, 5.74) is 13.0. The van der Waals surface area contributed by atoms with Crippen LogP contribution < -0.4 is 4.90 Å². The first kappa shape index (κ1) is 26.7. The van der Waals surface area contributed by atoms with E-state index in [-0.39, 0.29) is 0 Å². The Hall–Kier alpha value is -4.36. The molecule has 0 heterocycles. The lowest BCUT2D eigenvalue weighted by Crippen LogP contribution is -2.09. The van der Waals surface area contributed by atoms with Crippen LogP contribution in [0.2, 0.25) is 0 Å². The Kier molecular flexibility index (Phi) is 8.61. The number of nitrogens with zero attached hydrogens (tertiary/aromatic N) is 1. The fourth-order valence-electron chi connectivity index (χ4n) is 4.23. The second-order valence-corrected chi connectivity index (χ2v) is 10.2. The maximum Gasteiger partial charge on any atom is 0.0462 e. The standard InChI is InChI=1S/C37H37N/c1-27(2)7-13-31(14-8-28(3)4)32-15-17-33(18-16-32)34-19-25-37(26-20-34)38(35-21-9-29(5)10-22-35)36-23-11-30(6)12-24-36/h7-26H,1H2,2-6H3/b13-7+,31-14-. The summed E-state index contributed by atoms with van der Waals surface area (Å²) in [6.45, 7) is 14.5.